The number of carboxylic acid groups (broad SMARTS) is 1. The predicted molar refractivity (Wildman–Crippen MR) is 115 cm³/mol. The molecule has 160 valence electrons. The molecule has 5 rings (SSSR count). The molecular formula is C21H15N5O5S. The van der Waals surface area contributed by atoms with Gasteiger partial charge in [-0.2, -0.15) is 5.10 Å². The average Bonchev–Trinajstić information content (AvgIpc) is 3.05. The van der Waals surface area contributed by atoms with E-state index in [0.29, 0.717) is 11.4 Å². The number of nitrogens with one attached hydrogen (secondary N) is 1. The number of rotatable bonds is 5. The Bertz CT molecular complexity index is 1190. The number of nitrogens with zero attached hydrogens (tertiary/aromatic N) is 4. The van der Waals surface area contributed by atoms with Crippen molar-refractivity contribution in [3.63, 3.8) is 0 Å². The Kier molecular flexibility index (Phi) is 4.74. The van der Waals surface area contributed by atoms with Gasteiger partial charge in [0.15, 0.2) is 0 Å². The number of fused-ring (bicyclic) bond motifs is 2. The Morgan fingerprint density at radius 1 is 1.09 bits per heavy atom. The van der Waals surface area contributed by atoms with E-state index in [2.05, 4.69) is 15.5 Å². The summed E-state index contributed by atoms with van der Waals surface area (Å²) in [6.07, 6.45) is 2.92. The zero-order valence-corrected chi connectivity index (χ0v) is 17.2. The van der Waals surface area contributed by atoms with E-state index in [0.717, 1.165) is 9.80 Å². The maximum absolute atomic E-state index is 13.0. The van der Waals surface area contributed by atoms with Gasteiger partial charge in [0, 0.05) is 17.5 Å². The molecule has 1 unspecified atom stereocenters. The number of imide groups is 1. The number of aromatic nitrogens is 1. The topological polar surface area (TPSA) is 132 Å². The molecule has 2 aromatic rings. The third-order valence-corrected chi connectivity index (χ3v) is 6.63. The largest absolute Gasteiger partial charge is 0.477 e. The lowest BCUT2D eigenvalue weighted by molar-refractivity contribution is -0.151. The van der Waals surface area contributed by atoms with Crippen LogP contribution in [0.5, 0.6) is 0 Å². The summed E-state index contributed by atoms with van der Waals surface area (Å²) in [5, 5.41) is 13.1. The van der Waals surface area contributed by atoms with E-state index in [4.69, 9.17) is 0 Å². The lowest BCUT2D eigenvalue weighted by Gasteiger charge is -2.51. The zero-order chi connectivity index (χ0) is 22.4. The number of hydrogen-bond acceptors (Lipinski definition) is 8. The van der Waals surface area contributed by atoms with Crippen molar-refractivity contribution in [1.29, 1.82) is 0 Å². The molecule has 3 aliphatic rings. The number of amides is 3. The number of thioether (sulfide) groups is 1. The van der Waals surface area contributed by atoms with Gasteiger partial charge in [0.2, 0.25) is 0 Å². The molecule has 1 aromatic heterocycles. The highest BCUT2D eigenvalue weighted by Crippen LogP contribution is 2.44. The molecule has 0 aliphatic carbocycles. The fourth-order valence-electron chi connectivity index (χ4n) is 3.89. The number of benzene rings is 1. The monoisotopic (exact) mass is 449 g/mol. The second kappa shape index (κ2) is 7.61. The van der Waals surface area contributed by atoms with Crippen LogP contribution in [0.25, 0.3) is 0 Å². The van der Waals surface area contributed by atoms with Crippen LogP contribution in [0.2, 0.25) is 0 Å². The first kappa shape index (κ1) is 19.9. The predicted octanol–water partition coefficient (Wildman–Crippen LogP) is 1.40. The molecule has 0 bridgehead atoms. The van der Waals surface area contributed by atoms with Crippen molar-refractivity contribution in [2.45, 2.75) is 11.4 Å². The summed E-state index contributed by atoms with van der Waals surface area (Å²) >= 11 is 1.27. The Hall–Kier alpha value is -3.99. The zero-order valence-electron chi connectivity index (χ0n) is 16.3. The van der Waals surface area contributed by atoms with Crippen LogP contribution in [-0.4, -0.2) is 67.0 Å². The molecule has 0 saturated carbocycles. The highest BCUT2D eigenvalue weighted by Gasteiger charge is 2.59. The summed E-state index contributed by atoms with van der Waals surface area (Å²) in [6.45, 7) is 0. The minimum absolute atomic E-state index is 0.210. The number of hydrogen-bond donors (Lipinski definition) is 2. The van der Waals surface area contributed by atoms with Crippen molar-refractivity contribution in [2.24, 2.45) is 5.10 Å². The third-order valence-electron chi connectivity index (χ3n) is 5.34. The molecule has 1 fully saturated rings. The number of anilines is 1. The SMILES string of the molecule is O=C(O)C1=C(C=NNc2ccccn2)CS[C@H]2C(N3C(=O)c4ccccc4C3=O)C(=O)N12. The first-order chi connectivity index (χ1) is 15.5. The maximum atomic E-state index is 13.0. The molecule has 2 atom stereocenters. The van der Waals surface area contributed by atoms with Crippen LogP contribution in [-0.2, 0) is 9.59 Å². The number of β-lactam (4-membered cyclic amide) rings is 1. The first-order valence-corrected chi connectivity index (χ1v) is 10.6. The molecule has 3 amide bonds. The number of aliphatic carboxylic acids is 1. The molecule has 10 nitrogen and oxygen atoms in total. The van der Waals surface area contributed by atoms with Crippen LogP contribution in [0.3, 0.4) is 0 Å². The van der Waals surface area contributed by atoms with E-state index in [9.17, 15) is 24.3 Å². The normalized spacial score (nSPS) is 22.2. The number of hydrazone groups is 1. The van der Waals surface area contributed by atoms with E-state index in [-0.39, 0.29) is 22.6 Å². The summed E-state index contributed by atoms with van der Waals surface area (Å²) in [5.74, 6) is -2.27. The van der Waals surface area contributed by atoms with Gasteiger partial charge in [0.25, 0.3) is 17.7 Å². The standard InChI is InChI=1S/C21H15N5O5S/c27-17-12-5-1-2-6-13(12)18(28)25(17)16-19(29)26-15(21(30)31)11(10-32-20(16)26)9-23-24-14-7-3-4-8-22-14/h1-9,16,20H,10H2,(H,22,24)(H,30,31)/t16?,20-/m0/s1. The molecule has 4 heterocycles. The van der Waals surface area contributed by atoms with Gasteiger partial charge >= 0.3 is 5.97 Å². The van der Waals surface area contributed by atoms with Gasteiger partial charge in [0.05, 0.1) is 17.3 Å². The van der Waals surface area contributed by atoms with Gasteiger partial charge in [0.1, 0.15) is 22.9 Å². The van der Waals surface area contributed by atoms with Crippen molar-refractivity contribution in [3.05, 3.63) is 71.1 Å². The first-order valence-electron chi connectivity index (χ1n) is 9.57. The van der Waals surface area contributed by atoms with E-state index in [1.54, 1.807) is 36.5 Å². The highest BCUT2D eigenvalue weighted by atomic mass is 32.2. The van der Waals surface area contributed by atoms with Crippen LogP contribution < -0.4 is 5.43 Å². The molecule has 2 N–H and O–H groups in total. The van der Waals surface area contributed by atoms with E-state index in [1.165, 1.54) is 30.1 Å². The summed E-state index contributed by atoms with van der Waals surface area (Å²) in [6, 6.07) is 10.5. The quantitative estimate of drug-likeness (QED) is 0.303. The number of carboxylic acids is 1. The number of carbonyl (C=O) groups is 4. The van der Waals surface area contributed by atoms with Gasteiger partial charge in [-0.05, 0) is 24.3 Å². The molecule has 0 spiro atoms. The van der Waals surface area contributed by atoms with Crippen LogP contribution in [0.4, 0.5) is 5.82 Å². The van der Waals surface area contributed by atoms with Crippen molar-refractivity contribution >= 4 is 47.5 Å². The Morgan fingerprint density at radius 2 is 1.78 bits per heavy atom. The van der Waals surface area contributed by atoms with E-state index >= 15 is 0 Å². The summed E-state index contributed by atoms with van der Waals surface area (Å²) < 4.78 is 0. The van der Waals surface area contributed by atoms with Crippen LogP contribution in [0.1, 0.15) is 20.7 Å². The summed E-state index contributed by atoms with van der Waals surface area (Å²) in [5.41, 5.74) is 3.31. The smallest absolute Gasteiger partial charge is 0.353 e. The number of pyridine rings is 1. The fourth-order valence-corrected chi connectivity index (χ4v) is 5.23. The Balaban J connectivity index is 1.40. The lowest BCUT2D eigenvalue weighted by atomic mass is 10.0. The van der Waals surface area contributed by atoms with Gasteiger partial charge in [-0.15, -0.1) is 11.8 Å². The van der Waals surface area contributed by atoms with Crippen molar-refractivity contribution < 1.29 is 24.3 Å². The maximum Gasteiger partial charge on any atom is 0.353 e. The minimum Gasteiger partial charge on any atom is -0.477 e. The molecule has 1 saturated heterocycles. The second-order valence-corrected chi connectivity index (χ2v) is 8.25. The molecule has 32 heavy (non-hydrogen) atoms. The Labute approximate surface area is 185 Å². The van der Waals surface area contributed by atoms with Gasteiger partial charge in [-0.1, -0.05) is 18.2 Å². The molecule has 1 aromatic carbocycles. The van der Waals surface area contributed by atoms with Crippen molar-refractivity contribution in [2.75, 3.05) is 11.2 Å². The second-order valence-electron chi connectivity index (χ2n) is 7.14. The summed E-state index contributed by atoms with van der Waals surface area (Å²) in [7, 11) is 0. The molecule has 3 aliphatic heterocycles. The number of carbonyl (C=O) groups excluding carboxylic acids is 3. The molecule has 11 heteroatoms. The summed E-state index contributed by atoms with van der Waals surface area (Å²) in [4.78, 5) is 56.6. The lowest BCUT2D eigenvalue weighted by Crippen LogP contribution is -2.71. The van der Waals surface area contributed by atoms with Gasteiger partial charge < -0.3 is 5.11 Å². The van der Waals surface area contributed by atoms with Crippen LogP contribution in [0.15, 0.2) is 65.0 Å². The van der Waals surface area contributed by atoms with Gasteiger partial charge in [-0.25, -0.2) is 9.78 Å². The van der Waals surface area contributed by atoms with Crippen molar-refractivity contribution in [3.8, 4) is 0 Å². The van der Waals surface area contributed by atoms with E-state index in [1.807, 2.05) is 0 Å². The average molecular weight is 449 g/mol. The highest BCUT2D eigenvalue weighted by molar-refractivity contribution is 8.00. The minimum atomic E-state index is -1.29. The third kappa shape index (κ3) is 2.97. The van der Waals surface area contributed by atoms with Crippen molar-refractivity contribution in [1.82, 2.24) is 14.8 Å². The Morgan fingerprint density at radius 3 is 2.41 bits per heavy atom. The van der Waals surface area contributed by atoms with E-state index < -0.39 is 35.1 Å². The molecular weight excluding hydrogens is 434 g/mol. The van der Waals surface area contributed by atoms with Gasteiger partial charge in [-0.3, -0.25) is 29.6 Å². The molecule has 0 radical (unpaired) electrons. The van der Waals surface area contributed by atoms with Crippen LogP contribution >= 0.6 is 11.8 Å². The fraction of sp³-hybridized carbons (Fsp3) is 0.143. The van der Waals surface area contributed by atoms with Crippen LogP contribution in [0, 0.1) is 0 Å².